The van der Waals surface area contributed by atoms with Crippen molar-refractivity contribution in [2.75, 3.05) is 0 Å². The van der Waals surface area contributed by atoms with Crippen LogP contribution in [0.1, 0.15) is 61.2 Å². The topological polar surface area (TPSA) is 28.9 Å². The summed E-state index contributed by atoms with van der Waals surface area (Å²) in [5.41, 5.74) is 26.8. The third-order valence-electron chi connectivity index (χ3n) is 21.8. The van der Waals surface area contributed by atoms with Crippen LogP contribution in [0.4, 0.5) is 0 Å². The van der Waals surface area contributed by atoms with Crippen LogP contribution in [0.15, 0.2) is 307 Å². The van der Waals surface area contributed by atoms with Crippen molar-refractivity contribution in [2.24, 2.45) is 0 Å². The summed E-state index contributed by atoms with van der Waals surface area (Å²) >= 11 is 1.91. The summed E-state index contributed by atoms with van der Waals surface area (Å²) in [6.45, 7) is 2.17. The maximum Gasteiger partial charge on any atom is 0.156 e. The fourth-order valence-electron chi connectivity index (χ4n) is 18.2. The molecule has 5 nitrogen and oxygen atoms in total. The van der Waals surface area contributed by atoms with Crippen molar-refractivity contribution in [1.82, 2.24) is 18.3 Å². The van der Waals surface area contributed by atoms with Gasteiger partial charge in [0.1, 0.15) is 5.75 Å². The Morgan fingerprint density at radius 1 is 0.319 bits per heavy atom. The fourth-order valence-corrected chi connectivity index (χ4v) is 19.4. The van der Waals surface area contributed by atoms with E-state index in [4.69, 9.17) is 4.74 Å². The van der Waals surface area contributed by atoms with Gasteiger partial charge < -0.3 is 23.0 Å². The second-order valence-corrected chi connectivity index (χ2v) is 27.3. The lowest BCUT2D eigenvalue weighted by molar-refractivity contribution is 0.438. The summed E-state index contributed by atoms with van der Waals surface area (Å²) < 4.78 is 17.5. The fraction of sp³-hybridized carbons (Fsp3) is 0.0455. The summed E-state index contributed by atoms with van der Waals surface area (Å²) in [6.07, 6.45) is 0.756. The number of fused-ring (bicyclic) bond motifs is 29. The molecule has 8 heterocycles. The van der Waals surface area contributed by atoms with Gasteiger partial charge in [-0.25, -0.2) is 0 Å². The zero-order chi connectivity index (χ0) is 61.3. The van der Waals surface area contributed by atoms with E-state index >= 15 is 0 Å². The minimum Gasteiger partial charge on any atom is -0.454 e. The van der Waals surface area contributed by atoms with E-state index in [9.17, 15) is 0 Å². The number of nitrogens with zero attached hydrogens (tertiary/aromatic N) is 4. The molecule has 0 aliphatic carbocycles. The van der Waals surface area contributed by atoms with E-state index in [-0.39, 0.29) is 0 Å². The van der Waals surface area contributed by atoms with Gasteiger partial charge in [-0.05, 0) is 143 Å². The molecule has 14 aromatic carbocycles. The lowest BCUT2D eigenvalue weighted by atomic mass is 9.61. The van der Waals surface area contributed by atoms with Crippen LogP contribution >= 0.6 is 11.8 Å². The number of benzene rings is 14. The maximum absolute atomic E-state index is 7.48. The van der Waals surface area contributed by atoms with Gasteiger partial charge >= 0.3 is 0 Å². The predicted octanol–water partition coefficient (Wildman–Crippen LogP) is 21.9. The van der Waals surface area contributed by atoms with Crippen molar-refractivity contribution < 1.29 is 4.74 Å². The summed E-state index contributed by atoms with van der Waals surface area (Å²) in [6, 6.07) is 112. The highest BCUT2D eigenvalue weighted by molar-refractivity contribution is 7.99. The summed E-state index contributed by atoms with van der Waals surface area (Å²) in [7, 11) is 0. The van der Waals surface area contributed by atoms with Gasteiger partial charge in [0.2, 0.25) is 0 Å². The van der Waals surface area contributed by atoms with Gasteiger partial charge in [-0.15, -0.1) is 0 Å². The third-order valence-corrected chi connectivity index (χ3v) is 22.9. The minimum atomic E-state index is -0.695. The molecule has 438 valence electrons. The van der Waals surface area contributed by atoms with Gasteiger partial charge in [-0.2, -0.15) is 0 Å². The SMILES string of the molecule is Cc1ccc(-n2c3ccccc3c3cc4c(cc32)Sc2ccccc2C42c3ccccc3-n3c4cccc(Cc5ccc(-n6c7ccccc7c7ccc8c(c76)Oc6ccccc6C86c7ccccc7-n7c8ccccc8c8cccc6c87)cc5)c4c4cccc2c43)cc1. The smallest absolute Gasteiger partial charge is 0.156 e. The van der Waals surface area contributed by atoms with E-state index in [1.165, 1.54) is 148 Å². The average molecular weight is 1220 g/mol. The molecule has 4 aliphatic rings. The van der Waals surface area contributed by atoms with Crippen LogP contribution in [-0.2, 0) is 17.3 Å². The molecule has 0 N–H and O–H groups in total. The number of hydrogen-bond acceptors (Lipinski definition) is 2. The van der Waals surface area contributed by atoms with Crippen LogP contribution in [0.2, 0.25) is 0 Å². The van der Waals surface area contributed by atoms with Crippen LogP contribution in [0, 0.1) is 6.92 Å². The Morgan fingerprint density at radius 2 is 0.830 bits per heavy atom. The van der Waals surface area contributed by atoms with E-state index in [1.54, 1.807) is 0 Å². The second kappa shape index (κ2) is 18.4. The molecule has 94 heavy (non-hydrogen) atoms. The van der Waals surface area contributed by atoms with Crippen molar-refractivity contribution in [2.45, 2.75) is 34.0 Å². The third kappa shape index (κ3) is 6.27. The molecule has 4 aromatic heterocycles. The second-order valence-electron chi connectivity index (χ2n) is 26.2. The molecule has 4 aliphatic heterocycles. The average Bonchev–Trinajstić information content (AvgIpc) is 1.27. The Kier molecular flexibility index (Phi) is 9.97. The molecule has 2 spiro atoms. The quantitative estimate of drug-likeness (QED) is 0.176. The number of ether oxygens (including phenoxy) is 1. The molecule has 0 bridgehead atoms. The van der Waals surface area contributed by atoms with E-state index in [1.807, 2.05) is 11.8 Å². The largest absolute Gasteiger partial charge is 0.454 e. The van der Waals surface area contributed by atoms with Crippen molar-refractivity contribution in [3.63, 3.8) is 0 Å². The summed E-state index contributed by atoms with van der Waals surface area (Å²) in [4.78, 5) is 2.57. The van der Waals surface area contributed by atoms with Gasteiger partial charge in [0.15, 0.2) is 5.75 Å². The summed E-state index contributed by atoms with van der Waals surface area (Å²) in [5, 5.41) is 9.94. The van der Waals surface area contributed by atoms with Crippen LogP contribution in [-0.4, -0.2) is 18.3 Å². The van der Waals surface area contributed by atoms with E-state index < -0.39 is 10.8 Å². The standard InChI is InChI=1S/C88H54N4OS/c1-52-39-43-55(44-40-52)89-72-31-9-4-22-59(72)63-50-71-81(51-78(63)89)94-80-38-15-8-28-67(80)88(71)65-26-6-13-35-76(65)92-77-36-16-19-54(82(77)62-24-18-30-69(88)84(62)92)49-53-41-45-56(46-42-53)90-73-32-10-2-21-58(73)61-47-48-70-86(85(61)90)93-79-37-14-7-27-66(79)87(70)64-25-5-12-34-75(64)91-74-33-11-3-20-57(74)60-23-17-29-68(87)83(60)91/h2-48,50-51H,49H2,1H3. The minimum absolute atomic E-state index is 0.619. The zero-order valence-electron chi connectivity index (χ0n) is 51.1. The highest BCUT2D eigenvalue weighted by atomic mass is 32.2. The number of aryl methyl sites for hydroxylation is 1. The van der Waals surface area contributed by atoms with Gasteiger partial charge in [0.05, 0.1) is 66.3 Å². The normalized spacial score (nSPS) is 16.3. The number of para-hydroxylation sites is 8. The van der Waals surface area contributed by atoms with E-state index in [2.05, 4.69) is 322 Å². The number of aromatic nitrogens is 4. The number of rotatable bonds is 4. The first-order valence-corrected chi connectivity index (χ1v) is 33.5. The molecular weight excluding hydrogens is 1160 g/mol. The molecule has 22 rings (SSSR count). The number of hydrogen-bond donors (Lipinski definition) is 0. The Bertz CT molecular complexity index is 6410. The molecular formula is C88H54N4OS. The maximum atomic E-state index is 7.48. The first-order valence-electron chi connectivity index (χ1n) is 32.7. The molecule has 2 unspecified atom stereocenters. The van der Waals surface area contributed by atoms with E-state index in [0.717, 1.165) is 51.2 Å². The van der Waals surface area contributed by atoms with E-state index in [0.29, 0.717) is 0 Å². The Balaban J connectivity index is 0.721. The van der Waals surface area contributed by atoms with Gasteiger partial charge in [-0.3, -0.25) is 0 Å². The molecule has 0 saturated carbocycles. The van der Waals surface area contributed by atoms with Crippen molar-refractivity contribution in [3.8, 4) is 34.2 Å². The molecule has 0 fully saturated rings. The van der Waals surface area contributed by atoms with Crippen LogP contribution in [0.5, 0.6) is 11.5 Å². The first-order chi connectivity index (χ1) is 46.6. The van der Waals surface area contributed by atoms with Crippen molar-refractivity contribution >= 4 is 99.0 Å². The van der Waals surface area contributed by atoms with Crippen LogP contribution in [0.3, 0.4) is 0 Å². The lowest BCUT2D eigenvalue weighted by Crippen LogP contribution is -2.37. The van der Waals surface area contributed by atoms with Gasteiger partial charge in [0.25, 0.3) is 0 Å². The van der Waals surface area contributed by atoms with Crippen molar-refractivity contribution in [3.05, 3.63) is 358 Å². The molecule has 0 saturated heterocycles. The Morgan fingerprint density at radius 3 is 1.56 bits per heavy atom. The van der Waals surface area contributed by atoms with Gasteiger partial charge in [-0.1, -0.05) is 230 Å². The summed E-state index contributed by atoms with van der Waals surface area (Å²) in [5.74, 6) is 1.75. The van der Waals surface area contributed by atoms with Gasteiger partial charge in [0, 0.05) is 75.4 Å². The highest BCUT2D eigenvalue weighted by Gasteiger charge is 2.52. The molecule has 0 amide bonds. The Labute approximate surface area is 545 Å². The molecule has 2 atom stereocenters. The predicted molar refractivity (Wildman–Crippen MR) is 386 cm³/mol. The van der Waals surface area contributed by atoms with Crippen molar-refractivity contribution in [1.29, 1.82) is 0 Å². The lowest BCUT2D eigenvalue weighted by Gasteiger charge is -2.45. The monoisotopic (exact) mass is 1210 g/mol. The van der Waals surface area contributed by atoms with Crippen LogP contribution < -0.4 is 4.74 Å². The first kappa shape index (κ1) is 51.1. The molecule has 6 heteroatoms. The molecule has 0 radical (unpaired) electrons. The molecule has 18 aromatic rings. The Hall–Kier alpha value is -11.6. The van der Waals surface area contributed by atoms with Crippen LogP contribution in [0.25, 0.3) is 110 Å². The highest BCUT2D eigenvalue weighted by Crippen LogP contribution is 2.64. The zero-order valence-corrected chi connectivity index (χ0v) is 51.9.